The number of aldehydes is 1. The van der Waals surface area contributed by atoms with Crippen molar-refractivity contribution in [3.05, 3.63) is 90.1 Å². The van der Waals surface area contributed by atoms with Gasteiger partial charge in [-0.1, -0.05) is 87.3 Å². The molecule has 8 bridgehead atoms. The van der Waals surface area contributed by atoms with Crippen LogP contribution in [-0.4, -0.2) is 60.8 Å². The third-order valence-corrected chi connectivity index (χ3v) is 10.9. The Hall–Kier alpha value is -4.35. The fourth-order valence-corrected chi connectivity index (χ4v) is 7.52. The van der Waals surface area contributed by atoms with Crippen molar-refractivity contribution < 1.29 is 28.7 Å². The van der Waals surface area contributed by atoms with Crippen molar-refractivity contribution in [2.24, 2.45) is 23.7 Å². The number of carbonyl (C=O) groups excluding carboxylic acids is 4. The minimum atomic E-state index is -1.25. The standard InChI is InChI=1S/C41H45N4O6.Mg/c1-9-20(4)14-15-51-34(47)13-12-26-22(6)29-16-28-21(5)24(10-2)31(42-28)18-33-27(19-46)25(11-3)32(43-33)17-30-23(7)35-39(45-30)36(38(26)44-29)37(40(35)48)41(49)50-8;/h10,16-20,22,26,37H,2,9,11-15H2,1,3-8H3,(H-,44,45,46,48);/q-3;+2/p-1/b29-16-,33-18-;/t20?,22-,26-,37+;/m0./s1. The Morgan fingerprint density at radius 2 is 1.71 bits per heavy atom. The summed E-state index contributed by atoms with van der Waals surface area (Å²) in [7, 11) is 1.26. The van der Waals surface area contributed by atoms with E-state index in [1.807, 2.05) is 32.9 Å². The number of nitrogens with zero attached hydrogens (tertiary/aromatic N) is 4. The number of hydrogen-bond donors (Lipinski definition) is 0. The summed E-state index contributed by atoms with van der Waals surface area (Å²) in [5.74, 6) is -2.74. The summed E-state index contributed by atoms with van der Waals surface area (Å²) in [5.41, 5.74) is 7.66. The first kappa shape index (κ1) is 38.9. The van der Waals surface area contributed by atoms with Crippen molar-refractivity contribution in [3.63, 3.8) is 0 Å². The Kier molecular flexibility index (Phi) is 11.7. The fourth-order valence-electron chi connectivity index (χ4n) is 7.52. The van der Waals surface area contributed by atoms with Crippen LogP contribution in [0.2, 0.25) is 0 Å². The maximum absolute atomic E-state index is 14.2. The second-order valence-corrected chi connectivity index (χ2v) is 13.8. The summed E-state index contributed by atoms with van der Waals surface area (Å²) in [6.07, 6.45) is 10.9. The van der Waals surface area contributed by atoms with Gasteiger partial charge in [0.15, 0.2) is 5.78 Å². The Morgan fingerprint density at radius 1 is 1.00 bits per heavy atom. The number of aromatic nitrogens is 3. The smallest absolute Gasteiger partial charge is 0.664 e. The monoisotopic (exact) mass is 712 g/mol. The number of ether oxygens (including phenoxy) is 2. The van der Waals surface area contributed by atoms with Crippen LogP contribution >= 0.6 is 0 Å². The first-order valence-corrected chi connectivity index (χ1v) is 17.7. The number of fused-ring (bicyclic) bond motifs is 7. The molecule has 0 N–H and O–H groups in total. The number of hydrogen-bond acceptors (Lipinski definition) is 6. The van der Waals surface area contributed by atoms with Gasteiger partial charge in [0.1, 0.15) is 12.2 Å². The number of rotatable bonds is 11. The number of methoxy groups -OCH3 is 1. The van der Waals surface area contributed by atoms with E-state index in [0.29, 0.717) is 92.5 Å². The summed E-state index contributed by atoms with van der Waals surface area (Å²) in [5, 5.41) is 6.20. The van der Waals surface area contributed by atoms with Crippen molar-refractivity contribution >= 4 is 76.9 Å². The van der Waals surface area contributed by atoms with Gasteiger partial charge in [0.25, 0.3) is 0 Å². The average molecular weight is 713 g/mol. The van der Waals surface area contributed by atoms with Crippen molar-refractivity contribution in [2.45, 2.75) is 73.6 Å². The minimum Gasteiger partial charge on any atom is -0.664 e. The fraction of sp³-hybridized carbons (Fsp3) is 0.415. The second kappa shape index (κ2) is 15.7. The summed E-state index contributed by atoms with van der Waals surface area (Å²) in [6, 6.07) is 0. The van der Waals surface area contributed by atoms with Crippen LogP contribution < -0.4 is 25.7 Å². The average Bonchev–Trinajstić information content (AvgIpc) is 3.87. The van der Waals surface area contributed by atoms with Crippen LogP contribution in [-0.2, 0) is 25.5 Å². The molecule has 1 unspecified atom stereocenters. The summed E-state index contributed by atoms with van der Waals surface area (Å²) in [4.78, 5) is 67.9. The Bertz CT molecular complexity index is 2140. The molecule has 1 saturated heterocycles. The normalized spacial score (nSPS) is 22.9. The molecule has 3 aliphatic rings. The van der Waals surface area contributed by atoms with Crippen molar-refractivity contribution in [1.82, 2.24) is 15.0 Å². The van der Waals surface area contributed by atoms with E-state index >= 15 is 0 Å². The Balaban J connectivity index is 0.00000523. The molecule has 3 aromatic heterocycles. The molecule has 11 heteroatoms. The van der Waals surface area contributed by atoms with Gasteiger partial charge >= 0.3 is 35.0 Å². The number of Topliss-reactive ketones (excluding diaryl/α,β-unsaturated/α-hetero) is 1. The third kappa shape index (κ3) is 6.69. The van der Waals surface area contributed by atoms with E-state index in [1.165, 1.54) is 7.11 Å². The van der Waals surface area contributed by atoms with Crippen LogP contribution in [0.4, 0.5) is 0 Å². The minimum absolute atomic E-state index is 0. The molecule has 52 heavy (non-hydrogen) atoms. The first-order chi connectivity index (χ1) is 24.5. The van der Waals surface area contributed by atoms with Gasteiger partial charge in [-0.25, -0.2) is 0 Å². The molecule has 0 spiro atoms. The van der Waals surface area contributed by atoms with Crippen LogP contribution in [0, 0.1) is 37.5 Å². The second-order valence-electron chi connectivity index (χ2n) is 13.8. The van der Waals surface area contributed by atoms with Gasteiger partial charge in [-0.15, -0.1) is 33.5 Å². The zero-order chi connectivity index (χ0) is 36.7. The van der Waals surface area contributed by atoms with E-state index in [1.54, 1.807) is 19.1 Å². The molecular weight excluding hydrogens is 669 g/mol. The molecule has 4 atom stereocenters. The SMILES string of the molecule is C=Cc1c2[n-]c(c1C)/C=C1\[N-]/C(=C3\c4[n-]c(c(C)c4C(=O)[C@@H]3C(=O)OC)/C=c3\[n-]/c(c(C=O)c3CC)=C\2)[C@@H](CCC(=O)OCCC(C)CC)[C@@H]1C.[Mg+2]. The Labute approximate surface area is 320 Å². The maximum Gasteiger partial charge on any atom is 2.00 e. The number of carbonyl (C=O) groups is 4. The van der Waals surface area contributed by atoms with Crippen molar-refractivity contribution in [1.29, 1.82) is 0 Å². The van der Waals surface area contributed by atoms with Gasteiger partial charge < -0.3 is 29.7 Å². The van der Waals surface area contributed by atoms with E-state index < -0.39 is 17.7 Å². The molecule has 0 saturated carbocycles. The summed E-state index contributed by atoms with van der Waals surface area (Å²) in [6.45, 7) is 16.4. The van der Waals surface area contributed by atoms with Crippen LogP contribution in [0.25, 0.3) is 35.2 Å². The molecule has 1 aliphatic carbocycles. The van der Waals surface area contributed by atoms with E-state index in [9.17, 15) is 19.2 Å². The van der Waals surface area contributed by atoms with Gasteiger partial charge in [0.05, 0.1) is 13.7 Å². The van der Waals surface area contributed by atoms with Gasteiger partial charge in [0.2, 0.25) is 0 Å². The van der Waals surface area contributed by atoms with Crippen molar-refractivity contribution in [3.8, 4) is 0 Å². The number of ketones is 1. The molecule has 0 aromatic carbocycles. The maximum atomic E-state index is 14.2. The predicted octanol–water partition coefficient (Wildman–Crippen LogP) is 4.92. The van der Waals surface area contributed by atoms with Gasteiger partial charge in [0, 0.05) is 17.5 Å². The third-order valence-electron chi connectivity index (χ3n) is 10.9. The van der Waals surface area contributed by atoms with E-state index in [4.69, 9.17) is 29.7 Å². The quantitative estimate of drug-likeness (QED) is 0.117. The molecule has 0 radical (unpaired) electrons. The topological polar surface area (TPSA) is 143 Å². The van der Waals surface area contributed by atoms with Crippen LogP contribution in [0.3, 0.4) is 0 Å². The molecule has 10 nitrogen and oxygen atoms in total. The van der Waals surface area contributed by atoms with E-state index in [0.717, 1.165) is 35.8 Å². The number of esters is 2. The molecule has 1 fully saturated rings. The first-order valence-electron chi connectivity index (χ1n) is 17.7. The largest absolute Gasteiger partial charge is 2.00 e. The summed E-state index contributed by atoms with van der Waals surface area (Å²) < 4.78 is 10.8. The summed E-state index contributed by atoms with van der Waals surface area (Å²) >= 11 is 0. The zero-order valence-electron chi connectivity index (χ0n) is 31.1. The molecular formula is C41H44MgN4O6-2. The van der Waals surface area contributed by atoms with E-state index in [2.05, 4.69) is 20.4 Å². The predicted molar refractivity (Wildman–Crippen MR) is 201 cm³/mol. The molecule has 2 aliphatic heterocycles. The van der Waals surface area contributed by atoms with Crippen molar-refractivity contribution in [2.75, 3.05) is 13.7 Å². The van der Waals surface area contributed by atoms with Crippen LogP contribution in [0.1, 0.15) is 119 Å². The Morgan fingerprint density at radius 3 is 2.37 bits per heavy atom. The van der Waals surface area contributed by atoms with Gasteiger partial charge in [-0.2, -0.15) is 11.4 Å². The van der Waals surface area contributed by atoms with Gasteiger partial charge in [-0.05, 0) is 56.4 Å². The molecule has 0 amide bonds. The van der Waals surface area contributed by atoms with Gasteiger partial charge in [-0.3, -0.25) is 19.2 Å². The number of allylic oxidation sites excluding steroid dienone is 2. The zero-order valence-corrected chi connectivity index (χ0v) is 32.5. The molecule has 3 aromatic rings. The molecule has 5 heterocycles. The van der Waals surface area contributed by atoms with E-state index in [-0.39, 0.29) is 47.3 Å². The molecule has 6 rings (SSSR count). The van der Waals surface area contributed by atoms with Crippen LogP contribution in [0.5, 0.6) is 0 Å². The molecule has 268 valence electrons. The van der Waals surface area contributed by atoms with Crippen LogP contribution in [0.15, 0.2) is 18.0 Å².